The summed E-state index contributed by atoms with van der Waals surface area (Å²) in [6, 6.07) is 8.47. The molecule has 0 atom stereocenters. The molecule has 0 amide bonds. The van der Waals surface area contributed by atoms with Gasteiger partial charge in [-0.3, -0.25) is 0 Å². The van der Waals surface area contributed by atoms with Crippen LogP contribution in [-0.4, -0.2) is 0 Å². The Labute approximate surface area is 91.8 Å². The number of hydrogen-bond donors (Lipinski definition) is 0. The highest BCUT2D eigenvalue weighted by atomic mass is 32.1. The van der Waals surface area contributed by atoms with Gasteiger partial charge >= 0.3 is 0 Å². The molecule has 14 heavy (non-hydrogen) atoms. The molecule has 2 aromatic rings. The molecule has 0 aliphatic rings. The maximum Gasteiger partial charge on any atom is 0.0449 e. The SMILES string of the molecule is C=Cc1ccc(-c2ccc(C=C)s2)s1. The Morgan fingerprint density at radius 1 is 0.786 bits per heavy atom. The van der Waals surface area contributed by atoms with E-state index >= 15 is 0 Å². The molecular weight excluding hydrogens is 208 g/mol. The first-order valence-corrected chi connectivity index (χ1v) is 5.91. The molecule has 0 spiro atoms. The normalized spacial score (nSPS) is 10.0. The highest BCUT2D eigenvalue weighted by Gasteiger charge is 2.03. The Morgan fingerprint density at radius 3 is 1.50 bits per heavy atom. The molecule has 0 bridgehead atoms. The summed E-state index contributed by atoms with van der Waals surface area (Å²) in [5, 5.41) is 0. The van der Waals surface area contributed by atoms with Gasteiger partial charge in [-0.2, -0.15) is 0 Å². The van der Waals surface area contributed by atoms with Crippen molar-refractivity contribution in [3.63, 3.8) is 0 Å². The highest BCUT2D eigenvalue weighted by molar-refractivity contribution is 7.22. The van der Waals surface area contributed by atoms with Crippen molar-refractivity contribution in [2.75, 3.05) is 0 Å². The molecule has 0 saturated heterocycles. The van der Waals surface area contributed by atoms with E-state index in [0.29, 0.717) is 0 Å². The van der Waals surface area contributed by atoms with Gasteiger partial charge < -0.3 is 0 Å². The maximum absolute atomic E-state index is 3.76. The molecule has 0 aliphatic carbocycles. The van der Waals surface area contributed by atoms with Crippen molar-refractivity contribution in [1.82, 2.24) is 0 Å². The average Bonchev–Trinajstić information content (AvgIpc) is 2.86. The van der Waals surface area contributed by atoms with E-state index in [9.17, 15) is 0 Å². The monoisotopic (exact) mass is 218 g/mol. The van der Waals surface area contributed by atoms with Gasteiger partial charge in [0.1, 0.15) is 0 Å². The Hall–Kier alpha value is -1.12. The minimum Gasteiger partial charge on any atom is -0.135 e. The summed E-state index contributed by atoms with van der Waals surface area (Å²) < 4.78 is 0. The average molecular weight is 218 g/mol. The second-order valence-electron chi connectivity index (χ2n) is 2.81. The summed E-state index contributed by atoms with van der Waals surface area (Å²) in [6.07, 6.45) is 3.77. The summed E-state index contributed by atoms with van der Waals surface area (Å²) in [6.45, 7) is 7.51. The maximum atomic E-state index is 3.76. The quantitative estimate of drug-likeness (QED) is 0.696. The molecule has 2 rings (SSSR count). The first-order chi connectivity index (χ1) is 6.83. The molecule has 0 unspecified atom stereocenters. The molecule has 0 fully saturated rings. The van der Waals surface area contributed by atoms with E-state index in [0.717, 1.165) is 0 Å². The van der Waals surface area contributed by atoms with Crippen LogP contribution < -0.4 is 0 Å². The van der Waals surface area contributed by atoms with Gasteiger partial charge in [-0.25, -0.2) is 0 Å². The Balaban J connectivity index is 2.38. The number of thiophene rings is 2. The van der Waals surface area contributed by atoms with Gasteiger partial charge in [0.15, 0.2) is 0 Å². The predicted octanol–water partition coefficient (Wildman–Crippen LogP) is 4.76. The van der Waals surface area contributed by atoms with Crippen LogP contribution in [0.5, 0.6) is 0 Å². The van der Waals surface area contributed by atoms with E-state index in [1.54, 1.807) is 22.7 Å². The Bertz CT molecular complexity index is 416. The van der Waals surface area contributed by atoms with Crippen molar-refractivity contribution in [3.05, 3.63) is 47.2 Å². The van der Waals surface area contributed by atoms with Crippen LogP contribution in [0, 0.1) is 0 Å². The van der Waals surface area contributed by atoms with Gasteiger partial charge in [0.05, 0.1) is 0 Å². The molecule has 2 heterocycles. The summed E-state index contributed by atoms with van der Waals surface area (Å²) in [5.41, 5.74) is 0. The summed E-state index contributed by atoms with van der Waals surface area (Å²) >= 11 is 3.54. The van der Waals surface area contributed by atoms with Gasteiger partial charge in [-0.1, -0.05) is 25.3 Å². The van der Waals surface area contributed by atoms with Crippen LogP contribution in [0.15, 0.2) is 37.4 Å². The first kappa shape index (κ1) is 9.44. The fourth-order valence-corrected chi connectivity index (χ4v) is 3.00. The predicted molar refractivity (Wildman–Crippen MR) is 67.8 cm³/mol. The molecule has 70 valence electrons. The fraction of sp³-hybridized carbons (Fsp3) is 0. The van der Waals surface area contributed by atoms with Crippen molar-refractivity contribution in [1.29, 1.82) is 0 Å². The molecule has 2 aromatic heterocycles. The molecule has 0 nitrogen and oxygen atoms in total. The van der Waals surface area contributed by atoms with Crippen LogP contribution in [-0.2, 0) is 0 Å². The molecule has 0 aromatic carbocycles. The van der Waals surface area contributed by atoms with Gasteiger partial charge in [-0.05, 0) is 24.3 Å². The van der Waals surface area contributed by atoms with Crippen LogP contribution in [0.1, 0.15) is 9.75 Å². The lowest BCUT2D eigenvalue weighted by atomic mass is 10.3. The summed E-state index contributed by atoms with van der Waals surface area (Å²) in [5.74, 6) is 0. The van der Waals surface area contributed by atoms with Crippen molar-refractivity contribution in [3.8, 4) is 9.75 Å². The van der Waals surface area contributed by atoms with E-state index < -0.39 is 0 Å². The second-order valence-corrected chi connectivity index (χ2v) is 5.04. The zero-order valence-electron chi connectivity index (χ0n) is 7.69. The van der Waals surface area contributed by atoms with E-state index in [1.165, 1.54) is 19.5 Å². The van der Waals surface area contributed by atoms with Gasteiger partial charge in [-0.15, -0.1) is 22.7 Å². The second kappa shape index (κ2) is 3.95. The smallest absolute Gasteiger partial charge is 0.0449 e. The first-order valence-electron chi connectivity index (χ1n) is 4.28. The van der Waals surface area contributed by atoms with Crippen molar-refractivity contribution < 1.29 is 0 Å². The molecule has 0 saturated carbocycles. The largest absolute Gasteiger partial charge is 0.135 e. The van der Waals surface area contributed by atoms with Crippen molar-refractivity contribution >= 4 is 34.8 Å². The Morgan fingerprint density at radius 2 is 1.21 bits per heavy atom. The minimum atomic E-state index is 1.22. The minimum absolute atomic E-state index is 1.22. The van der Waals surface area contributed by atoms with Crippen LogP contribution in [0.3, 0.4) is 0 Å². The van der Waals surface area contributed by atoms with Gasteiger partial charge in [0.2, 0.25) is 0 Å². The number of rotatable bonds is 3. The van der Waals surface area contributed by atoms with E-state index in [-0.39, 0.29) is 0 Å². The molecular formula is C12H10S2. The zero-order valence-corrected chi connectivity index (χ0v) is 9.33. The van der Waals surface area contributed by atoms with Crippen LogP contribution >= 0.6 is 22.7 Å². The van der Waals surface area contributed by atoms with Crippen LogP contribution in [0.25, 0.3) is 21.9 Å². The number of hydrogen-bond acceptors (Lipinski definition) is 2. The van der Waals surface area contributed by atoms with Crippen molar-refractivity contribution in [2.24, 2.45) is 0 Å². The Kier molecular flexibility index (Phi) is 2.66. The lowest BCUT2D eigenvalue weighted by Crippen LogP contribution is -1.56. The lowest BCUT2D eigenvalue weighted by Gasteiger charge is -1.87. The molecule has 2 heteroatoms. The third kappa shape index (κ3) is 1.72. The molecule has 0 N–H and O–H groups in total. The third-order valence-corrected chi connectivity index (χ3v) is 4.26. The van der Waals surface area contributed by atoms with E-state index in [2.05, 4.69) is 37.4 Å². The van der Waals surface area contributed by atoms with Crippen molar-refractivity contribution in [2.45, 2.75) is 0 Å². The standard InChI is InChI=1S/C12H10S2/c1-3-9-5-7-11(13-9)12-8-6-10(4-2)14-12/h3-8H,1-2H2. The van der Waals surface area contributed by atoms with E-state index in [1.807, 2.05) is 12.2 Å². The highest BCUT2D eigenvalue weighted by Crippen LogP contribution is 2.34. The van der Waals surface area contributed by atoms with Gasteiger partial charge in [0, 0.05) is 19.5 Å². The topological polar surface area (TPSA) is 0 Å². The fourth-order valence-electron chi connectivity index (χ4n) is 1.19. The van der Waals surface area contributed by atoms with Gasteiger partial charge in [0.25, 0.3) is 0 Å². The van der Waals surface area contributed by atoms with E-state index in [4.69, 9.17) is 0 Å². The molecule has 0 aliphatic heterocycles. The third-order valence-electron chi connectivity index (χ3n) is 1.90. The summed E-state index contributed by atoms with van der Waals surface area (Å²) in [7, 11) is 0. The lowest BCUT2D eigenvalue weighted by molar-refractivity contribution is 1.90. The zero-order chi connectivity index (χ0) is 9.97. The molecule has 0 radical (unpaired) electrons. The summed E-state index contributed by atoms with van der Waals surface area (Å²) in [4.78, 5) is 5.04. The van der Waals surface area contributed by atoms with Crippen LogP contribution in [0.2, 0.25) is 0 Å². The van der Waals surface area contributed by atoms with Crippen LogP contribution in [0.4, 0.5) is 0 Å².